The summed E-state index contributed by atoms with van der Waals surface area (Å²) < 4.78 is 1.82. The number of anilines is 1. The molecule has 1 aromatic carbocycles. The van der Waals surface area contributed by atoms with Crippen LogP contribution in [0.15, 0.2) is 53.7 Å². The molecule has 0 aliphatic carbocycles. The summed E-state index contributed by atoms with van der Waals surface area (Å²) in [6.45, 7) is 7.00. The van der Waals surface area contributed by atoms with Crippen LogP contribution in [0.25, 0.3) is 5.82 Å². The summed E-state index contributed by atoms with van der Waals surface area (Å²) in [7, 11) is 0. The van der Waals surface area contributed by atoms with Gasteiger partial charge in [-0.1, -0.05) is 25.1 Å². The van der Waals surface area contributed by atoms with E-state index in [0.29, 0.717) is 5.25 Å². The average Bonchev–Trinajstić information content (AvgIpc) is 2.93. The zero-order chi connectivity index (χ0) is 16.9. The third-order valence-electron chi connectivity index (χ3n) is 3.50. The highest BCUT2D eigenvalue weighted by atomic mass is 32.2. The molecule has 24 heavy (non-hydrogen) atoms. The molecule has 2 aromatic heterocycles. The number of benzene rings is 1. The molecule has 0 bridgehead atoms. The van der Waals surface area contributed by atoms with Crippen LogP contribution in [0.1, 0.15) is 18.3 Å². The Bertz CT molecular complexity index is 800. The number of rotatable bonds is 6. The zero-order valence-electron chi connectivity index (χ0n) is 14.1. The highest BCUT2D eigenvalue weighted by molar-refractivity contribution is 8.00. The molecule has 0 aliphatic rings. The van der Waals surface area contributed by atoms with E-state index >= 15 is 0 Å². The molecule has 1 unspecified atom stereocenters. The first-order valence-electron chi connectivity index (χ1n) is 7.93. The van der Waals surface area contributed by atoms with Crippen LogP contribution in [0.2, 0.25) is 0 Å². The van der Waals surface area contributed by atoms with Crippen LogP contribution >= 0.6 is 11.8 Å². The van der Waals surface area contributed by atoms with Gasteiger partial charge in [0.2, 0.25) is 0 Å². The second kappa shape index (κ2) is 7.49. The van der Waals surface area contributed by atoms with Crippen molar-refractivity contribution in [3.8, 4) is 5.82 Å². The van der Waals surface area contributed by atoms with E-state index < -0.39 is 0 Å². The number of hydrogen-bond acceptors (Lipinski definition) is 5. The molecule has 3 aromatic rings. The summed E-state index contributed by atoms with van der Waals surface area (Å²) in [6, 6.07) is 12.4. The highest BCUT2D eigenvalue weighted by Gasteiger charge is 2.08. The fourth-order valence-corrected chi connectivity index (χ4v) is 3.37. The fourth-order valence-electron chi connectivity index (χ4n) is 2.43. The summed E-state index contributed by atoms with van der Waals surface area (Å²) in [4.78, 5) is 10.2. The van der Waals surface area contributed by atoms with Gasteiger partial charge in [0.05, 0.1) is 18.1 Å². The topological polar surface area (TPSA) is 55.6 Å². The fraction of sp³-hybridized carbons (Fsp3) is 0.278. The van der Waals surface area contributed by atoms with Crippen molar-refractivity contribution in [2.45, 2.75) is 30.9 Å². The lowest BCUT2D eigenvalue weighted by Crippen LogP contribution is -2.15. The SMILES string of the molecule is Cc1cc(C)n(-c2cncc(NCC(C)Sc3ccccc3)n2)n1. The third kappa shape index (κ3) is 4.14. The first kappa shape index (κ1) is 16.5. The van der Waals surface area contributed by atoms with Gasteiger partial charge >= 0.3 is 0 Å². The Morgan fingerprint density at radius 3 is 2.67 bits per heavy atom. The number of aromatic nitrogens is 4. The van der Waals surface area contributed by atoms with Gasteiger partial charge in [0, 0.05) is 22.4 Å². The summed E-state index contributed by atoms with van der Waals surface area (Å²) in [5.41, 5.74) is 2.02. The van der Waals surface area contributed by atoms with Gasteiger partial charge in [0.1, 0.15) is 5.82 Å². The van der Waals surface area contributed by atoms with Gasteiger partial charge in [-0.2, -0.15) is 5.10 Å². The van der Waals surface area contributed by atoms with Crippen molar-refractivity contribution < 1.29 is 0 Å². The molecule has 124 valence electrons. The molecule has 0 fully saturated rings. The van der Waals surface area contributed by atoms with Crippen molar-refractivity contribution in [1.29, 1.82) is 0 Å². The molecular weight excluding hydrogens is 318 g/mol. The second-order valence-electron chi connectivity index (χ2n) is 5.72. The van der Waals surface area contributed by atoms with E-state index in [1.165, 1.54) is 4.90 Å². The molecule has 0 saturated carbocycles. The third-order valence-corrected chi connectivity index (χ3v) is 4.61. The summed E-state index contributed by atoms with van der Waals surface area (Å²) in [6.07, 6.45) is 3.47. The molecule has 0 radical (unpaired) electrons. The molecule has 0 aliphatic heterocycles. The Morgan fingerprint density at radius 1 is 1.17 bits per heavy atom. The molecule has 5 nitrogen and oxygen atoms in total. The van der Waals surface area contributed by atoms with Gasteiger partial charge in [-0.25, -0.2) is 9.67 Å². The van der Waals surface area contributed by atoms with Crippen molar-refractivity contribution in [3.05, 3.63) is 60.2 Å². The number of aryl methyl sites for hydroxylation is 2. The summed E-state index contributed by atoms with van der Waals surface area (Å²) in [5, 5.41) is 8.24. The molecule has 2 heterocycles. The van der Waals surface area contributed by atoms with Crippen LogP contribution < -0.4 is 5.32 Å². The molecule has 1 N–H and O–H groups in total. The standard InChI is InChI=1S/C18H21N5S/c1-13-9-14(2)23(22-13)18-12-19-11-17(21-18)20-10-15(3)24-16-7-5-4-6-8-16/h4-9,11-12,15H,10H2,1-3H3,(H,20,21). The minimum Gasteiger partial charge on any atom is -0.368 e. The molecular formula is C18H21N5S. The highest BCUT2D eigenvalue weighted by Crippen LogP contribution is 2.22. The van der Waals surface area contributed by atoms with Crippen molar-refractivity contribution >= 4 is 17.6 Å². The Balaban J connectivity index is 1.63. The predicted molar refractivity (Wildman–Crippen MR) is 98.9 cm³/mol. The van der Waals surface area contributed by atoms with E-state index in [4.69, 9.17) is 0 Å². The number of hydrogen-bond donors (Lipinski definition) is 1. The quantitative estimate of drug-likeness (QED) is 0.691. The predicted octanol–water partition coefficient (Wildman–Crippen LogP) is 3.87. The van der Waals surface area contributed by atoms with Crippen molar-refractivity contribution in [1.82, 2.24) is 19.7 Å². The molecule has 0 amide bonds. The van der Waals surface area contributed by atoms with Crippen LogP contribution in [-0.2, 0) is 0 Å². The zero-order valence-corrected chi connectivity index (χ0v) is 14.9. The van der Waals surface area contributed by atoms with E-state index in [9.17, 15) is 0 Å². The Morgan fingerprint density at radius 2 is 1.96 bits per heavy atom. The lowest BCUT2D eigenvalue weighted by atomic mass is 10.4. The maximum absolute atomic E-state index is 4.61. The van der Waals surface area contributed by atoms with E-state index in [1.54, 1.807) is 12.4 Å². The number of nitrogens with zero attached hydrogens (tertiary/aromatic N) is 4. The largest absolute Gasteiger partial charge is 0.368 e. The lowest BCUT2D eigenvalue weighted by molar-refractivity contribution is 0.798. The van der Waals surface area contributed by atoms with Crippen molar-refractivity contribution in [2.75, 3.05) is 11.9 Å². The van der Waals surface area contributed by atoms with Crippen LogP contribution in [0.4, 0.5) is 5.82 Å². The van der Waals surface area contributed by atoms with Crippen molar-refractivity contribution in [3.63, 3.8) is 0 Å². The van der Waals surface area contributed by atoms with Gasteiger partial charge in [-0.05, 0) is 32.0 Å². The first-order valence-corrected chi connectivity index (χ1v) is 8.81. The minimum atomic E-state index is 0.423. The van der Waals surface area contributed by atoms with E-state index in [0.717, 1.165) is 29.6 Å². The Labute approximate surface area is 146 Å². The van der Waals surface area contributed by atoms with Gasteiger partial charge in [-0.15, -0.1) is 11.8 Å². The second-order valence-corrected chi connectivity index (χ2v) is 7.24. The lowest BCUT2D eigenvalue weighted by Gasteiger charge is -2.13. The minimum absolute atomic E-state index is 0.423. The van der Waals surface area contributed by atoms with Crippen molar-refractivity contribution in [2.24, 2.45) is 0 Å². The number of nitrogens with one attached hydrogen (secondary N) is 1. The molecule has 6 heteroatoms. The van der Waals surface area contributed by atoms with E-state index in [2.05, 4.69) is 51.6 Å². The Kier molecular flexibility index (Phi) is 5.15. The van der Waals surface area contributed by atoms with Crippen LogP contribution in [0, 0.1) is 13.8 Å². The summed E-state index contributed by atoms with van der Waals surface area (Å²) >= 11 is 1.84. The monoisotopic (exact) mass is 339 g/mol. The van der Waals surface area contributed by atoms with Crippen LogP contribution in [0.3, 0.4) is 0 Å². The van der Waals surface area contributed by atoms with E-state index in [-0.39, 0.29) is 0 Å². The average molecular weight is 339 g/mol. The maximum atomic E-state index is 4.61. The molecule has 0 spiro atoms. The summed E-state index contributed by atoms with van der Waals surface area (Å²) in [5.74, 6) is 1.49. The first-order chi connectivity index (χ1) is 11.6. The maximum Gasteiger partial charge on any atom is 0.174 e. The van der Waals surface area contributed by atoms with Gasteiger partial charge in [0.15, 0.2) is 5.82 Å². The normalized spacial score (nSPS) is 12.1. The Hall–Kier alpha value is -2.34. The smallest absolute Gasteiger partial charge is 0.174 e. The van der Waals surface area contributed by atoms with E-state index in [1.807, 2.05) is 42.4 Å². The molecule has 0 saturated heterocycles. The van der Waals surface area contributed by atoms with Crippen LogP contribution in [-0.4, -0.2) is 31.5 Å². The van der Waals surface area contributed by atoms with Gasteiger partial charge < -0.3 is 5.32 Å². The van der Waals surface area contributed by atoms with Gasteiger partial charge in [-0.3, -0.25) is 4.98 Å². The van der Waals surface area contributed by atoms with Gasteiger partial charge in [0.25, 0.3) is 0 Å². The number of thioether (sulfide) groups is 1. The molecule has 1 atom stereocenters. The van der Waals surface area contributed by atoms with Crippen LogP contribution in [0.5, 0.6) is 0 Å². The molecule has 3 rings (SSSR count).